The molecule has 1 saturated carbocycles. The molecule has 2 fully saturated rings. The quantitative estimate of drug-likeness (QED) is 0.272. The highest BCUT2D eigenvalue weighted by Gasteiger charge is 2.61. The summed E-state index contributed by atoms with van der Waals surface area (Å²) in [6.45, 7) is 2.01. The minimum atomic E-state index is -5.18. The fraction of sp³-hybridized carbons (Fsp3) is 0.567. The largest absolute Gasteiger partial charge is 0.426 e. The fourth-order valence-electron chi connectivity index (χ4n) is 7.39. The molecule has 0 spiro atoms. The zero-order valence-corrected chi connectivity index (χ0v) is 24.9. The summed E-state index contributed by atoms with van der Waals surface area (Å²) in [5.74, 6) is -2.21. The third kappa shape index (κ3) is 4.90. The predicted octanol–water partition coefficient (Wildman–Crippen LogP) is 6.39. The van der Waals surface area contributed by atoms with Crippen molar-refractivity contribution in [2.24, 2.45) is 17.8 Å². The molecule has 230 valence electrons. The summed E-state index contributed by atoms with van der Waals surface area (Å²) in [6.07, 6.45) is -3.80. The predicted molar refractivity (Wildman–Crippen MR) is 146 cm³/mol. The number of Topliss-reactive ketones (excluding diaryl/α,β-unsaturated/α-hetero) is 1. The number of fused-ring (bicyclic) bond motifs is 3. The van der Waals surface area contributed by atoms with E-state index in [1.54, 1.807) is 6.92 Å². The summed E-state index contributed by atoms with van der Waals surface area (Å²) in [5, 5.41) is -0.643. The Bertz CT molecular complexity index is 1600. The van der Waals surface area contributed by atoms with E-state index >= 15 is 0 Å². The Balaban J connectivity index is 1.56. The van der Waals surface area contributed by atoms with Gasteiger partial charge in [-0.1, -0.05) is 18.2 Å². The summed E-state index contributed by atoms with van der Waals surface area (Å²) >= 11 is 0. The molecular formula is C30H33F5O5S2. The third-order valence-corrected chi connectivity index (χ3v) is 14.7. The van der Waals surface area contributed by atoms with E-state index in [0.29, 0.717) is 18.9 Å². The molecule has 0 radical (unpaired) electrons. The second kappa shape index (κ2) is 10.4. The molecule has 5 rings (SSSR count). The maximum atomic E-state index is 14.9. The molecule has 2 aromatic carbocycles. The molecule has 3 aliphatic rings. The monoisotopic (exact) mass is 632 g/mol. The van der Waals surface area contributed by atoms with Crippen molar-refractivity contribution in [3.05, 3.63) is 65.0 Å². The highest BCUT2D eigenvalue weighted by molar-refractivity contribution is 7.92. The van der Waals surface area contributed by atoms with Crippen LogP contribution in [0.1, 0.15) is 69.1 Å². The Kier molecular flexibility index (Phi) is 7.69. The third-order valence-electron chi connectivity index (χ3n) is 9.92. The van der Waals surface area contributed by atoms with Crippen molar-refractivity contribution < 1.29 is 43.6 Å². The van der Waals surface area contributed by atoms with Crippen LogP contribution in [0.4, 0.5) is 22.0 Å². The van der Waals surface area contributed by atoms with E-state index in [0.717, 1.165) is 36.4 Å². The molecule has 2 aromatic rings. The highest BCUT2D eigenvalue weighted by Crippen LogP contribution is 2.60. The van der Waals surface area contributed by atoms with Crippen molar-refractivity contribution in [1.82, 2.24) is 0 Å². The average Bonchev–Trinajstić information content (AvgIpc) is 3.29. The van der Waals surface area contributed by atoms with Crippen molar-refractivity contribution in [3.8, 4) is 0 Å². The van der Waals surface area contributed by atoms with E-state index in [1.165, 1.54) is 6.07 Å². The van der Waals surface area contributed by atoms with Gasteiger partial charge >= 0.3 is 6.18 Å². The molecule has 1 aliphatic heterocycles. The van der Waals surface area contributed by atoms with E-state index in [9.17, 15) is 43.6 Å². The van der Waals surface area contributed by atoms with Crippen LogP contribution in [0.5, 0.6) is 0 Å². The average molecular weight is 633 g/mol. The van der Waals surface area contributed by atoms with Gasteiger partial charge in [-0.15, -0.1) is 0 Å². The topological polar surface area (TPSA) is 85.3 Å². The number of benzene rings is 2. The summed E-state index contributed by atoms with van der Waals surface area (Å²) in [4.78, 5) is 13.3. The van der Waals surface area contributed by atoms with Crippen LogP contribution in [0.2, 0.25) is 0 Å². The van der Waals surface area contributed by atoms with Gasteiger partial charge in [-0.25, -0.2) is 25.6 Å². The molecule has 5 nitrogen and oxygen atoms in total. The lowest BCUT2D eigenvalue weighted by Crippen LogP contribution is -2.45. The van der Waals surface area contributed by atoms with Gasteiger partial charge in [0.1, 0.15) is 16.3 Å². The normalized spacial score (nSPS) is 30.6. The summed E-state index contributed by atoms with van der Waals surface area (Å²) < 4.78 is 121. The number of carbonyl (C=O) groups excluding carboxylic acids is 1. The molecule has 0 aromatic heterocycles. The number of alkyl halides is 4. The van der Waals surface area contributed by atoms with Crippen LogP contribution in [0.3, 0.4) is 0 Å². The molecule has 0 N–H and O–H groups in total. The second-order valence-electron chi connectivity index (χ2n) is 12.2. The van der Waals surface area contributed by atoms with Gasteiger partial charge in [0.05, 0.1) is 15.9 Å². The van der Waals surface area contributed by atoms with E-state index in [1.807, 2.05) is 0 Å². The lowest BCUT2D eigenvalue weighted by atomic mass is 9.71. The smallest absolute Gasteiger partial charge is 0.299 e. The minimum Gasteiger partial charge on any atom is -0.299 e. The van der Waals surface area contributed by atoms with Crippen LogP contribution in [0, 0.1) is 23.6 Å². The van der Waals surface area contributed by atoms with E-state index in [-0.39, 0.29) is 66.4 Å². The van der Waals surface area contributed by atoms with Crippen molar-refractivity contribution in [2.75, 3.05) is 5.75 Å². The summed E-state index contributed by atoms with van der Waals surface area (Å²) in [5.41, 5.74) is -3.66. The second-order valence-corrected chi connectivity index (χ2v) is 17.0. The number of rotatable bonds is 6. The highest BCUT2D eigenvalue weighted by atomic mass is 32.2. The zero-order valence-electron chi connectivity index (χ0n) is 23.3. The van der Waals surface area contributed by atoms with Crippen molar-refractivity contribution in [1.29, 1.82) is 0 Å². The number of hydrogen-bond acceptors (Lipinski definition) is 5. The fourth-order valence-corrected chi connectivity index (χ4v) is 11.4. The summed E-state index contributed by atoms with van der Waals surface area (Å²) in [7, 11) is -7.51. The van der Waals surface area contributed by atoms with Crippen LogP contribution in [0.25, 0.3) is 0 Å². The number of carbonyl (C=O) groups is 1. The Labute approximate surface area is 242 Å². The number of ketones is 1. The van der Waals surface area contributed by atoms with Gasteiger partial charge in [0.2, 0.25) is 5.67 Å². The SMILES string of the molecule is C[C@H]1C[C@@H](C(=O)C[C@@H]2CC[C@@]3(S(=O)(=O)c4ccc(F)cc4)c4ccc(C(C)(F)C(F)(F)F)cc4CC[C@@H]23)CCS1(=O)=O. The van der Waals surface area contributed by atoms with Gasteiger partial charge in [0.25, 0.3) is 0 Å². The maximum absolute atomic E-state index is 14.9. The van der Waals surface area contributed by atoms with Crippen molar-refractivity contribution in [3.63, 3.8) is 0 Å². The maximum Gasteiger partial charge on any atom is 0.426 e. The Morgan fingerprint density at radius 2 is 1.69 bits per heavy atom. The van der Waals surface area contributed by atoms with Gasteiger partial charge in [0, 0.05) is 12.3 Å². The molecule has 6 atom stereocenters. The van der Waals surface area contributed by atoms with Crippen LogP contribution < -0.4 is 0 Å². The molecule has 0 bridgehead atoms. The number of sulfone groups is 2. The molecule has 42 heavy (non-hydrogen) atoms. The van der Waals surface area contributed by atoms with E-state index in [2.05, 4.69) is 0 Å². The standard InChI is InChI=1S/C30H33F5O5S2/c1-18-15-21(12-14-41(18,37)38)27(36)17-20-11-13-29(42(39,40)24-7-5-23(31)6-8-24)25(20)9-3-19-16-22(4-10-26(19)29)28(2,32)30(33,34)35/h4-8,10,16,18,20-21,25H,3,9,11-15,17H2,1-2H3/t18-,20-,21-,25-,28?,29-/m0/s1. The number of aryl methyl sites for hydroxylation is 1. The van der Waals surface area contributed by atoms with Gasteiger partial charge in [-0.3, -0.25) is 4.79 Å². The lowest BCUT2D eigenvalue weighted by Gasteiger charge is -2.43. The van der Waals surface area contributed by atoms with E-state index in [4.69, 9.17) is 0 Å². The molecular weight excluding hydrogens is 599 g/mol. The van der Waals surface area contributed by atoms with E-state index < -0.39 is 64.7 Å². The molecule has 1 unspecified atom stereocenters. The van der Waals surface area contributed by atoms with Gasteiger partial charge in [-0.05, 0) is 105 Å². The van der Waals surface area contributed by atoms with Crippen LogP contribution in [-0.2, 0) is 41.3 Å². The van der Waals surface area contributed by atoms with Crippen molar-refractivity contribution in [2.45, 2.75) is 85.5 Å². The Morgan fingerprint density at radius 3 is 2.31 bits per heavy atom. The first-order valence-corrected chi connectivity index (χ1v) is 17.3. The van der Waals surface area contributed by atoms with Crippen LogP contribution >= 0.6 is 0 Å². The first-order chi connectivity index (χ1) is 19.4. The van der Waals surface area contributed by atoms with Crippen LogP contribution in [0.15, 0.2) is 47.4 Å². The number of halogens is 5. The Morgan fingerprint density at radius 1 is 1.02 bits per heavy atom. The molecule has 2 aliphatic carbocycles. The molecule has 0 amide bonds. The van der Waals surface area contributed by atoms with Gasteiger partial charge < -0.3 is 0 Å². The first-order valence-electron chi connectivity index (χ1n) is 14.1. The van der Waals surface area contributed by atoms with Gasteiger partial charge in [-0.2, -0.15) is 13.2 Å². The molecule has 1 heterocycles. The summed E-state index contributed by atoms with van der Waals surface area (Å²) in [6, 6.07) is 7.73. The minimum absolute atomic E-state index is 0.0623. The molecule has 1 saturated heterocycles. The van der Waals surface area contributed by atoms with Crippen molar-refractivity contribution >= 4 is 25.5 Å². The molecule has 12 heteroatoms. The van der Waals surface area contributed by atoms with Crippen LogP contribution in [-0.4, -0.2) is 39.8 Å². The lowest BCUT2D eigenvalue weighted by molar-refractivity contribution is -0.228. The Hall–Kier alpha value is -2.34. The number of hydrogen-bond donors (Lipinski definition) is 0. The first kappa shape index (κ1) is 31.1. The zero-order chi connectivity index (χ0) is 30.9. The van der Waals surface area contributed by atoms with Gasteiger partial charge in [0.15, 0.2) is 19.7 Å².